The zero-order valence-corrected chi connectivity index (χ0v) is 14.7. The fourth-order valence-electron chi connectivity index (χ4n) is 3.64. The number of hydrogen-bond acceptors (Lipinski definition) is 1. The van der Waals surface area contributed by atoms with Crippen molar-refractivity contribution in [1.29, 1.82) is 0 Å². The van der Waals surface area contributed by atoms with E-state index in [0.717, 1.165) is 6.61 Å². The summed E-state index contributed by atoms with van der Waals surface area (Å²) in [6.45, 7) is 5.89. The highest BCUT2D eigenvalue weighted by molar-refractivity contribution is 6.77. The van der Waals surface area contributed by atoms with E-state index in [9.17, 15) is 0 Å². The van der Waals surface area contributed by atoms with Gasteiger partial charge in [-0.25, -0.2) is 0 Å². The Morgan fingerprint density at radius 1 is 0.955 bits per heavy atom. The molecule has 0 N–H and O–H groups in total. The van der Waals surface area contributed by atoms with Crippen LogP contribution in [0.4, 0.5) is 0 Å². The first-order chi connectivity index (χ1) is 10.6. The van der Waals surface area contributed by atoms with Gasteiger partial charge in [0.25, 0.3) is 0 Å². The Kier molecular flexibility index (Phi) is 4.80. The SMILES string of the molecule is C[Si](C)(Cc1ccccc1)CC1CC(c2ccccc2)CO1. The van der Waals surface area contributed by atoms with Crippen LogP contribution >= 0.6 is 0 Å². The smallest absolute Gasteiger partial charge is 0.0558 e. The second-order valence-electron chi connectivity index (χ2n) is 7.33. The van der Waals surface area contributed by atoms with Gasteiger partial charge in [-0.3, -0.25) is 0 Å². The van der Waals surface area contributed by atoms with Crippen molar-refractivity contribution in [1.82, 2.24) is 0 Å². The minimum atomic E-state index is -1.26. The maximum absolute atomic E-state index is 6.13. The van der Waals surface area contributed by atoms with Crippen molar-refractivity contribution in [3.05, 3.63) is 71.8 Å². The summed E-state index contributed by atoms with van der Waals surface area (Å²) < 4.78 is 6.13. The van der Waals surface area contributed by atoms with Crippen LogP contribution in [0, 0.1) is 0 Å². The van der Waals surface area contributed by atoms with Crippen LogP contribution in [0.25, 0.3) is 0 Å². The Labute approximate surface area is 135 Å². The topological polar surface area (TPSA) is 9.23 Å². The van der Waals surface area contributed by atoms with E-state index < -0.39 is 8.07 Å². The van der Waals surface area contributed by atoms with E-state index >= 15 is 0 Å². The van der Waals surface area contributed by atoms with E-state index in [2.05, 4.69) is 73.8 Å². The minimum Gasteiger partial charge on any atom is -0.378 e. The van der Waals surface area contributed by atoms with E-state index in [4.69, 9.17) is 4.74 Å². The van der Waals surface area contributed by atoms with Gasteiger partial charge < -0.3 is 4.74 Å². The summed E-state index contributed by atoms with van der Waals surface area (Å²) in [7, 11) is -1.26. The van der Waals surface area contributed by atoms with Crippen molar-refractivity contribution < 1.29 is 4.74 Å². The van der Waals surface area contributed by atoms with Crippen LogP contribution in [-0.2, 0) is 10.8 Å². The van der Waals surface area contributed by atoms with Crippen molar-refractivity contribution >= 4 is 8.07 Å². The average Bonchev–Trinajstić information content (AvgIpc) is 2.96. The average molecular weight is 311 g/mol. The predicted molar refractivity (Wildman–Crippen MR) is 96.0 cm³/mol. The number of hydrogen-bond donors (Lipinski definition) is 0. The largest absolute Gasteiger partial charge is 0.378 e. The first kappa shape index (κ1) is 15.5. The van der Waals surface area contributed by atoms with Gasteiger partial charge in [0, 0.05) is 5.92 Å². The first-order valence-electron chi connectivity index (χ1n) is 8.33. The molecule has 1 aliphatic rings. The van der Waals surface area contributed by atoms with Crippen LogP contribution in [0.2, 0.25) is 19.1 Å². The zero-order chi connectivity index (χ0) is 15.4. The molecule has 1 aliphatic heterocycles. The van der Waals surface area contributed by atoms with E-state index in [1.807, 2.05) is 0 Å². The minimum absolute atomic E-state index is 0.454. The molecule has 1 saturated heterocycles. The summed E-state index contributed by atoms with van der Waals surface area (Å²) in [5.74, 6) is 0.590. The maximum Gasteiger partial charge on any atom is 0.0558 e. The second kappa shape index (κ2) is 6.80. The molecule has 1 fully saturated rings. The molecule has 0 aliphatic carbocycles. The molecule has 1 nitrogen and oxygen atoms in total. The van der Waals surface area contributed by atoms with Crippen LogP contribution in [-0.4, -0.2) is 20.8 Å². The molecule has 0 spiro atoms. The number of ether oxygens (including phenoxy) is 1. The summed E-state index contributed by atoms with van der Waals surface area (Å²) in [4.78, 5) is 0. The van der Waals surface area contributed by atoms with Crippen molar-refractivity contribution in [2.45, 2.75) is 43.6 Å². The Hall–Kier alpha value is -1.38. The highest BCUT2D eigenvalue weighted by atomic mass is 28.3. The van der Waals surface area contributed by atoms with Gasteiger partial charge in [-0.15, -0.1) is 0 Å². The second-order valence-corrected chi connectivity index (χ2v) is 12.4. The number of benzene rings is 2. The van der Waals surface area contributed by atoms with Crippen molar-refractivity contribution in [2.75, 3.05) is 6.61 Å². The van der Waals surface area contributed by atoms with Crippen LogP contribution < -0.4 is 0 Å². The molecule has 0 radical (unpaired) electrons. The molecule has 3 rings (SSSR count). The molecule has 0 aromatic heterocycles. The summed E-state index contributed by atoms with van der Waals surface area (Å²) >= 11 is 0. The third-order valence-electron chi connectivity index (χ3n) is 4.66. The Morgan fingerprint density at radius 2 is 1.59 bits per heavy atom. The Morgan fingerprint density at radius 3 is 2.27 bits per heavy atom. The van der Waals surface area contributed by atoms with E-state index in [1.54, 1.807) is 0 Å². The van der Waals surface area contributed by atoms with Gasteiger partial charge in [0.2, 0.25) is 0 Å². The van der Waals surface area contributed by atoms with Gasteiger partial charge in [0.05, 0.1) is 20.8 Å². The molecule has 0 bridgehead atoms. The number of rotatable bonds is 5. The lowest BCUT2D eigenvalue weighted by Crippen LogP contribution is -2.33. The third-order valence-corrected chi connectivity index (χ3v) is 7.58. The summed E-state index contributed by atoms with van der Waals surface area (Å²) in [5.41, 5.74) is 2.92. The van der Waals surface area contributed by atoms with Crippen LogP contribution in [0.3, 0.4) is 0 Å². The van der Waals surface area contributed by atoms with Gasteiger partial charge in [-0.05, 0) is 24.1 Å². The molecule has 22 heavy (non-hydrogen) atoms. The molecule has 2 aromatic carbocycles. The van der Waals surface area contributed by atoms with Gasteiger partial charge in [-0.2, -0.15) is 0 Å². The van der Waals surface area contributed by atoms with E-state index in [-0.39, 0.29) is 0 Å². The molecule has 2 atom stereocenters. The van der Waals surface area contributed by atoms with Gasteiger partial charge in [-0.1, -0.05) is 79.3 Å². The molecule has 1 heterocycles. The quantitative estimate of drug-likeness (QED) is 0.702. The predicted octanol–water partition coefficient (Wildman–Crippen LogP) is 5.05. The van der Waals surface area contributed by atoms with Crippen LogP contribution in [0.15, 0.2) is 60.7 Å². The highest BCUT2D eigenvalue weighted by Crippen LogP contribution is 2.33. The van der Waals surface area contributed by atoms with Crippen LogP contribution in [0.5, 0.6) is 0 Å². The fourth-order valence-corrected chi connectivity index (χ4v) is 6.64. The Balaban J connectivity index is 1.57. The molecular formula is C20H26OSi. The first-order valence-corrected chi connectivity index (χ1v) is 11.7. The van der Waals surface area contributed by atoms with E-state index in [0.29, 0.717) is 12.0 Å². The molecule has 0 amide bonds. The summed E-state index contributed by atoms with van der Waals surface area (Å²) in [5, 5.41) is 0. The molecule has 116 valence electrons. The third kappa shape index (κ3) is 4.08. The molecular weight excluding hydrogens is 284 g/mol. The lowest BCUT2D eigenvalue weighted by Gasteiger charge is -2.25. The zero-order valence-electron chi connectivity index (χ0n) is 13.7. The molecule has 0 saturated carbocycles. The fraction of sp³-hybridized carbons (Fsp3) is 0.400. The highest BCUT2D eigenvalue weighted by Gasteiger charge is 2.32. The lowest BCUT2D eigenvalue weighted by atomic mass is 9.97. The lowest BCUT2D eigenvalue weighted by molar-refractivity contribution is 0.122. The monoisotopic (exact) mass is 310 g/mol. The van der Waals surface area contributed by atoms with Crippen molar-refractivity contribution in [3.8, 4) is 0 Å². The molecule has 2 heteroatoms. The molecule has 2 unspecified atom stereocenters. The van der Waals surface area contributed by atoms with Gasteiger partial charge >= 0.3 is 0 Å². The standard InChI is InChI=1S/C20H26OSi/c1-22(2,15-17-9-5-3-6-10-17)16-20-13-19(14-21-20)18-11-7-4-8-12-18/h3-12,19-20H,13-16H2,1-2H3. The molecule has 2 aromatic rings. The van der Waals surface area contributed by atoms with Crippen molar-refractivity contribution in [2.24, 2.45) is 0 Å². The maximum atomic E-state index is 6.13. The summed E-state index contributed by atoms with van der Waals surface area (Å²) in [6, 6.07) is 24.3. The van der Waals surface area contributed by atoms with Crippen molar-refractivity contribution in [3.63, 3.8) is 0 Å². The normalized spacial score (nSPS) is 21.9. The van der Waals surface area contributed by atoms with E-state index in [1.165, 1.54) is 29.6 Å². The van der Waals surface area contributed by atoms with Gasteiger partial charge in [0.1, 0.15) is 0 Å². The van der Waals surface area contributed by atoms with Crippen LogP contribution in [0.1, 0.15) is 23.5 Å². The Bertz CT molecular complexity index is 579. The summed E-state index contributed by atoms with van der Waals surface area (Å²) in [6.07, 6.45) is 1.64. The van der Waals surface area contributed by atoms with Gasteiger partial charge in [0.15, 0.2) is 0 Å².